The number of anilines is 1. The smallest absolute Gasteiger partial charge is 0.412 e. The molecule has 0 aromatic carbocycles. The van der Waals surface area contributed by atoms with Crippen molar-refractivity contribution in [3.8, 4) is 11.5 Å². The first kappa shape index (κ1) is 21.8. The molecule has 9 nitrogen and oxygen atoms in total. The first-order valence-electron chi connectivity index (χ1n) is 9.56. The molecule has 1 aliphatic heterocycles. The van der Waals surface area contributed by atoms with Crippen molar-refractivity contribution in [2.24, 2.45) is 0 Å². The summed E-state index contributed by atoms with van der Waals surface area (Å²) in [6, 6.07) is 5.05. The first-order chi connectivity index (χ1) is 14.4. The lowest BCUT2D eigenvalue weighted by Gasteiger charge is -2.19. The summed E-state index contributed by atoms with van der Waals surface area (Å²) in [6.07, 6.45) is 3.75. The Hall–Kier alpha value is -2.85. The molecule has 30 heavy (non-hydrogen) atoms. The van der Waals surface area contributed by atoms with Gasteiger partial charge in [0.1, 0.15) is 23.5 Å². The van der Waals surface area contributed by atoms with Crippen LogP contribution >= 0.6 is 0 Å². The molecule has 10 heteroatoms. The fraction of sp³-hybridized carbons (Fsp3) is 0.400. The van der Waals surface area contributed by atoms with Crippen LogP contribution in [0, 0.1) is 6.92 Å². The van der Waals surface area contributed by atoms with Crippen LogP contribution in [0.15, 0.2) is 29.4 Å². The maximum absolute atomic E-state index is 12.1. The van der Waals surface area contributed by atoms with Gasteiger partial charge < -0.3 is 18.9 Å². The standard InChI is InChI=1S/C20H24N4O5S/c1-4-28-20(26)23-19-13(2)10-16(15(22-19)12-24-9-5-6-18(24)25)29-14-7-8-17(21-11-14)30(3)27/h7-8,10-11H,4-6,9,12H2,1-3H3,(H,22,23,26). The summed E-state index contributed by atoms with van der Waals surface area (Å²) in [5, 5.41) is 3.07. The number of ether oxygens (including phenoxy) is 2. The summed E-state index contributed by atoms with van der Waals surface area (Å²) in [7, 11) is 0. The van der Waals surface area contributed by atoms with E-state index in [0.717, 1.165) is 6.42 Å². The summed E-state index contributed by atoms with van der Waals surface area (Å²) >= 11 is -1.19. The number of likely N-dealkylation sites (tertiary alicyclic amines) is 1. The van der Waals surface area contributed by atoms with E-state index in [-0.39, 0.29) is 19.1 Å². The van der Waals surface area contributed by atoms with Gasteiger partial charge in [-0.15, -0.1) is 0 Å². The summed E-state index contributed by atoms with van der Waals surface area (Å²) in [6.45, 7) is 4.65. The normalized spacial score (nSPS) is 14.5. The van der Waals surface area contributed by atoms with Crippen molar-refractivity contribution in [3.63, 3.8) is 0 Å². The number of pyridine rings is 2. The lowest BCUT2D eigenvalue weighted by atomic mass is 10.2. The van der Waals surface area contributed by atoms with Gasteiger partial charge in [0.2, 0.25) is 10.9 Å². The van der Waals surface area contributed by atoms with Crippen molar-refractivity contribution >= 4 is 29.0 Å². The van der Waals surface area contributed by atoms with Gasteiger partial charge in [0.05, 0.1) is 19.3 Å². The molecule has 0 bridgehead atoms. The Morgan fingerprint density at radius 1 is 1.40 bits per heavy atom. The number of aryl methyl sites for hydroxylation is 1. The van der Waals surface area contributed by atoms with E-state index in [9.17, 15) is 14.1 Å². The lowest BCUT2D eigenvalue weighted by Crippen LogP contribution is -2.25. The zero-order valence-electron chi connectivity index (χ0n) is 17.1. The zero-order chi connectivity index (χ0) is 21.7. The summed E-state index contributed by atoms with van der Waals surface area (Å²) in [4.78, 5) is 34.3. The van der Waals surface area contributed by atoms with Gasteiger partial charge in [-0.3, -0.25) is 10.1 Å². The molecule has 1 saturated heterocycles. The van der Waals surface area contributed by atoms with Crippen LogP contribution in [0.1, 0.15) is 31.0 Å². The highest BCUT2D eigenvalue weighted by atomic mass is 32.2. The Labute approximate surface area is 178 Å². The molecular weight excluding hydrogens is 408 g/mol. The molecule has 1 N–H and O–H groups in total. The van der Waals surface area contributed by atoms with Crippen molar-refractivity contribution in [2.45, 2.75) is 38.3 Å². The Kier molecular flexibility index (Phi) is 7.11. The van der Waals surface area contributed by atoms with Gasteiger partial charge in [0.25, 0.3) is 0 Å². The van der Waals surface area contributed by atoms with E-state index in [1.807, 2.05) is 0 Å². The third-order valence-electron chi connectivity index (χ3n) is 4.49. The third-order valence-corrected chi connectivity index (χ3v) is 5.32. The van der Waals surface area contributed by atoms with Crippen molar-refractivity contribution in [2.75, 3.05) is 24.7 Å². The molecule has 2 aromatic heterocycles. The van der Waals surface area contributed by atoms with Gasteiger partial charge in [-0.05, 0) is 38.0 Å². The monoisotopic (exact) mass is 432 g/mol. The van der Waals surface area contributed by atoms with Gasteiger partial charge in [-0.25, -0.2) is 14.8 Å². The van der Waals surface area contributed by atoms with E-state index in [0.29, 0.717) is 46.6 Å². The lowest BCUT2D eigenvalue weighted by molar-refractivity contribution is -0.128. The van der Waals surface area contributed by atoms with Gasteiger partial charge in [-0.1, -0.05) is 0 Å². The third kappa shape index (κ3) is 5.39. The number of carbonyl (C=O) groups is 2. The zero-order valence-corrected chi connectivity index (χ0v) is 18.0. The highest BCUT2D eigenvalue weighted by molar-refractivity contribution is 7.90. The topological polar surface area (TPSA) is 117 Å². The molecule has 2 amide bonds. The number of carbonyl (C=O) groups excluding carboxylic acids is 2. The average Bonchev–Trinajstić information content (AvgIpc) is 3.10. The molecule has 1 aliphatic rings. The molecule has 3 heterocycles. The predicted molar refractivity (Wildman–Crippen MR) is 111 cm³/mol. The van der Waals surface area contributed by atoms with E-state index in [1.54, 1.807) is 43.2 Å². The van der Waals surface area contributed by atoms with Gasteiger partial charge in [0.15, 0.2) is 5.75 Å². The molecule has 1 unspecified atom stereocenters. The molecule has 2 aromatic rings. The van der Waals surface area contributed by atoms with Crippen LogP contribution in [0.5, 0.6) is 11.5 Å². The van der Waals surface area contributed by atoms with E-state index in [1.165, 1.54) is 6.20 Å². The Balaban J connectivity index is 1.89. The maximum atomic E-state index is 12.1. The van der Waals surface area contributed by atoms with Crippen LogP contribution in [0.3, 0.4) is 0 Å². The number of hydrogen-bond donors (Lipinski definition) is 1. The largest absolute Gasteiger partial charge is 0.610 e. The van der Waals surface area contributed by atoms with Crippen LogP contribution in [0.25, 0.3) is 0 Å². The summed E-state index contributed by atoms with van der Waals surface area (Å²) < 4.78 is 22.4. The molecule has 160 valence electrons. The van der Waals surface area contributed by atoms with Crippen LogP contribution in [-0.4, -0.2) is 50.8 Å². The number of amides is 2. The summed E-state index contributed by atoms with van der Waals surface area (Å²) in [5.41, 5.74) is 1.18. The second-order valence-electron chi connectivity index (χ2n) is 6.75. The Bertz CT molecular complexity index is 920. The number of aromatic nitrogens is 2. The average molecular weight is 433 g/mol. The van der Waals surface area contributed by atoms with Crippen molar-refractivity contribution < 1.29 is 23.6 Å². The molecule has 0 aliphatic carbocycles. The number of rotatable bonds is 7. The van der Waals surface area contributed by atoms with Crippen LogP contribution in [-0.2, 0) is 27.3 Å². The summed E-state index contributed by atoms with van der Waals surface area (Å²) in [5.74, 6) is 1.30. The molecule has 0 radical (unpaired) electrons. The fourth-order valence-corrected chi connectivity index (χ4v) is 3.46. The van der Waals surface area contributed by atoms with Crippen molar-refractivity contribution in [1.82, 2.24) is 14.9 Å². The second-order valence-corrected chi connectivity index (χ2v) is 8.08. The molecule has 3 rings (SSSR count). The minimum Gasteiger partial charge on any atom is -0.610 e. The Morgan fingerprint density at radius 2 is 2.20 bits per heavy atom. The van der Waals surface area contributed by atoms with Gasteiger partial charge >= 0.3 is 6.09 Å². The van der Waals surface area contributed by atoms with Crippen molar-refractivity contribution in [3.05, 3.63) is 35.7 Å². The number of nitrogens with zero attached hydrogens (tertiary/aromatic N) is 3. The van der Waals surface area contributed by atoms with E-state index >= 15 is 0 Å². The number of hydrogen-bond acceptors (Lipinski definition) is 7. The van der Waals surface area contributed by atoms with E-state index in [2.05, 4.69) is 15.3 Å². The highest BCUT2D eigenvalue weighted by Gasteiger charge is 2.23. The Morgan fingerprint density at radius 3 is 2.80 bits per heavy atom. The minimum absolute atomic E-state index is 0.0553. The van der Waals surface area contributed by atoms with Crippen LogP contribution in [0.2, 0.25) is 0 Å². The van der Waals surface area contributed by atoms with Crippen LogP contribution < -0.4 is 10.1 Å². The maximum Gasteiger partial charge on any atom is 0.412 e. The minimum atomic E-state index is -1.19. The molecule has 0 spiro atoms. The SMILES string of the molecule is CCOC(=O)Nc1nc(CN2CCCC2=O)c(Oc2ccc([S+](C)[O-])nc2)cc1C. The van der Waals surface area contributed by atoms with E-state index < -0.39 is 17.3 Å². The van der Waals surface area contributed by atoms with Gasteiger partial charge in [0, 0.05) is 30.2 Å². The molecule has 1 fully saturated rings. The number of nitrogens with one attached hydrogen (secondary N) is 1. The highest BCUT2D eigenvalue weighted by Crippen LogP contribution is 2.30. The fourth-order valence-electron chi connectivity index (χ4n) is 2.99. The molecule has 0 saturated carbocycles. The quantitative estimate of drug-likeness (QED) is 0.668. The van der Waals surface area contributed by atoms with Gasteiger partial charge in [-0.2, -0.15) is 0 Å². The molecular formula is C20H24N4O5S. The first-order valence-corrected chi connectivity index (χ1v) is 11.1. The predicted octanol–water partition coefficient (Wildman–Crippen LogP) is 3.01. The van der Waals surface area contributed by atoms with Crippen molar-refractivity contribution in [1.29, 1.82) is 0 Å². The second kappa shape index (κ2) is 9.77. The van der Waals surface area contributed by atoms with E-state index in [4.69, 9.17) is 9.47 Å². The van der Waals surface area contributed by atoms with Crippen LogP contribution in [0.4, 0.5) is 10.6 Å². The molecule has 1 atom stereocenters.